The highest BCUT2D eigenvalue weighted by atomic mass is 16.2. The fourth-order valence-electron chi connectivity index (χ4n) is 4.69. The molecule has 1 atom stereocenters. The van der Waals surface area contributed by atoms with Crippen LogP contribution < -0.4 is 10.9 Å². The second-order valence-electron chi connectivity index (χ2n) is 9.21. The maximum Gasteiger partial charge on any atom is 0.263 e. The highest BCUT2D eigenvalue weighted by Gasteiger charge is 2.23. The Balaban J connectivity index is 1.64. The Bertz CT molecular complexity index is 1640. The van der Waals surface area contributed by atoms with Crippen molar-refractivity contribution in [1.82, 2.24) is 29.4 Å². The molecule has 182 valence electrons. The molecule has 0 saturated carbocycles. The molecule has 2 aromatic carbocycles. The Morgan fingerprint density at radius 3 is 2.61 bits per heavy atom. The topological polar surface area (TPSA) is 84.5 Å². The lowest BCUT2D eigenvalue weighted by Gasteiger charge is -2.22. The van der Waals surface area contributed by atoms with E-state index in [-0.39, 0.29) is 11.5 Å². The molecule has 5 aromatic rings. The molecular weight excluding hydrogens is 452 g/mol. The summed E-state index contributed by atoms with van der Waals surface area (Å²) in [5.74, 6) is -0.290. The fourth-order valence-corrected chi connectivity index (χ4v) is 4.69. The lowest BCUT2D eigenvalue weighted by molar-refractivity contribution is 0.0939. The number of carbonyl (C=O) groups excluding carboxylic acids is 1. The molecule has 3 heterocycles. The van der Waals surface area contributed by atoms with Gasteiger partial charge in [0, 0.05) is 30.3 Å². The molecule has 1 amide bonds. The normalized spacial score (nSPS) is 12.4. The third kappa shape index (κ3) is 4.16. The lowest BCUT2D eigenvalue weighted by Crippen LogP contribution is -2.32. The van der Waals surface area contributed by atoms with Gasteiger partial charge < -0.3 is 10.2 Å². The van der Waals surface area contributed by atoms with E-state index in [0.717, 1.165) is 16.6 Å². The first-order valence-corrected chi connectivity index (χ1v) is 11.8. The Morgan fingerprint density at radius 1 is 1.08 bits per heavy atom. The number of aryl methyl sites for hydroxylation is 1. The van der Waals surface area contributed by atoms with Crippen LogP contribution in [0.15, 0.2) is 77.9 Å². The van der Waals surface area contributed by atoms with Gasteiger partial charge >= 0.3 is 0 Å². The zero-order chi connectivity index (χ0) is 25.4. The summed E-state index contributed by atoms with van der Waals surface area (Å²) < 4.78 is 3.30. The van der Waals surface area contributed by atoms with Crippen molar-refractivity contribution in [2.24, 2.45) is 0 Å². The van der Waals surface area contributed by atoms with E-state index in [9.17, 15) is 9.59 Å². The van der Waals surface area contributed by atoms with E-state index in [0.29, 0.717) is 34.5 Å². The summed E-state index contributed by atoms with van der Waals surface area (Å²) in [6.45, 7) is 4.32. The number of rotatable bonds is 6. The van der Waals surface area contributed by atoms with E-state index in [1.807, 2.05) is 80.5 Å². The van der Waals surface area contributed by atoms with Crippen molar-refractivity contribution in [3.8, 4) is 5.69 Å². The van der Waals surface area contributed by atoms with Crippen molar-refractivity contribution in [3.63, 3.8) is 0 Å². The van der Waals surface area contributed by atoms with Crippen molar-refractivity contribution in [1.29, 1.82) is 0 Å². The molecule has 0 unspecified atom stereocenters. The van der Waals surface area contributed by atoms with Gasteiger partial charge in [-0.2, -0.15) is 5.10 Å². The fraction of sp³-hybridized carbons (Fsp3) is 0.214. The van der Waals surface area contributed by atoms with Crippen LogP contribution in [0.4, 0.5) is 0 Å². The molecule has 3 aromatic heterocycles. The lowest BCUT2D eigenvalue weighted by atomic mass is 10.0. The van der Waals surface area contributed by atoms with Crippen LogP contribution >= 0.6 is 0 Å². The van der Waals surface area contributed by atoms with E-state index in [2.05, 4.69) is 15.4 Å². The molecule has 0 aliphatic carbocycles. The van der Waals surface area contributed by atoms with Gasteiger partial charge in [-0.25, -0.2) is 9.50 Å². The van der Waals surface area contributed by atoms with Crippen LogP contribution in [-0.2, 0) is 6.54 Å². The third-order valence-electron chi connectivity index (χ3n) is 6.25. The zero-order valence-corrected chi connectivity index (χ0v) is 20.8. The van der Waals surface area contributed by atoms with Crippen LogP contribution in [0.2, 0.25) is 0 Å². The van der Waals surface area contributed by atoms with Gasteiger partial charge in [-0.1, -0.05) is 36.4 Å². The number of amides is 1. The number of para-hydroxylation sites is 1. The SMILES string of the molecule is Cc1nn2cccnc2c1C(=O)N[C@@H](C)c1cc2cccc(CN(C)C)c2c(=O)n1-c1ccccc1. The van der Waals surface area contributed by atoms with Crippen molar-refractivity contribution in [2.45, 2.75) is 26.4 Å². The molecule has 1 N–H and O–H groups in total. The summed E-state index contributed by atoms with van der Waals surface area (Å²) in [5, 5.41) is 9.01. The van der Waals surface area contributed by atoms with Crippen molar-refractivity contribution in [3.05, 3.63) is 106 Å². The first-order valence-electron chi connectivity index (χ1n) is 11.8. The van der Waals surface area contributed by atoms with Gasteiger partial charge in [0.1, 0.15) is 5.56 Å². The number of fused-ring (bicyclic) bond motifs is 2. The van der Waals surface area contributed by atoms with E-state index in [1.165, 1.54) is 0 Å². The number of nitrogens with one attached hydrogen (secondary N) is 1. The quantitative estimate of drug-likeness (QED) is 0.399. The van der Waals surface area contributed by atoms with Gasteiger partial charge in [-0.15, -0.1) is 0 Å². The minimum absolute atomic E-state index is 0.110. The van der Waals surface area contributed by atoms with E-state index >= 15 is 0 Å². The molecule has 0 fully saturated rings. The van der Waals surface area contributed by atoms with E-state index in [4.69, 9.17) is 0 Å². The molecule has 8 heteroatoms. The Hall–Kier alpha value is -4.30. The van der Waals surface area contributed by atoms with Gasteiger partial charge in [-0.3, -0.25) is 14.2 Å². The Morgan fingerprint density at radius 2 is 1.86 bits per heavy atom. The molecule has 8 nitrogen and oxygen atoms in total. The van der Waals surface area contributed by atoms with Crippen LogP contribution in [0.1, 0.15) is 40.3 Å². The Kier molecular flexibility index (Phi) is 6.12. The maximum absolute atomic E-state index is 14.0. The predicted octanol–water partition coefficient (Wildman–Crippen LogP) is 3.89. The molecule has 0 radical (unpaired) electrons. The maximum atomic E-state index is 14.0. The van der Waals surface area contributed by atoms with Gasteiger partial charge in [-0.05, 0) is 63.2 Å². The smallest absolute Gasteiger partial charge is 0.263 e. The predicted molar refractivity (Wildman–Crippen MR) is 141 cm³/mol. The van der Waals surface area contributed by atoms with E-state index < -0.39 is 6.04 Å². The summed E-state index contributed by atoms with van der Waals surface area (Å²) in [6.07, 6.45) is 3.40. The molecule has 36 heavy (non-hydrogen) atoms. The standard InChI is InChI=1S/C28H28N6O2/c1-18(30-27(35)24-19(2)31-33-15-9-14-29-26(24)33)23-16-20-10-8-11-21(17-32(3)4)25(20)28(36)34(23)22-12-6-5-7-13-22/h5-16,18H,17H2,1-4H3,(H,30,35)/t18-/m0/s1. The van der Waals surface area contributed by atoms with Crippen molar-refractivity contribution in [2.75, 3.05) is 14.1 Å². The van der Waals surface area contributed by atoms with Crippen molar-refractivity contribution >= 4 is 22.3 Å². The van der Waals surface area contributed by atoms with Gasteiger partial charge in [0.2, 0.25) is 0 Å². The number of hydrogen-bond acceptors (Lipinski definition) is 5. The van der Waals surface area contributed by atoms with Crippen LogP contribution in [0, 0.1) is 6.92 Å². The Labute approximate surface area is 208 Å². The van der Waals surface area contributed by atoms with Crippen LogP contribution in [0.5, 0.6) is 0 Å². The second-order valence-corrected chi connectivity index (χ2v) is 9.21. The van der Waals surface area contributed by atoms with Gasteiger partial charge in [0.05, 0.1) is 17.1 Å². The van der Waals surface area contributed by atoms with Crippen molar-refractivity contribution < 1.29 is 4.79 Å². The monoisotopic (exact) mass is 480 g/mol. The first kappa shape index (κ1) is 23.4. The largest absolute Gasteiger partial charge is 0.344 e. The summed E-state index contributed by atoms with van der Waals surface area (Å²) in [7, 11) is 3.97. The summed E-state index contributed by atoms with van der Waals surface area (Å²) in [4.78, 5) is 33.8. The van der Waals surface area contributed by atoms with E-state index in [1.54, 1.807) is 34.5 Å². The summed E-state index contributed by atoms with van der Waals surface area (Å²) in [5.41, 5.74) is 3.79. The summed E-state index contributed by atoms with van der Waals surface area (Å²) >= 11 is 0. The summed E-state index contributed by atoms with van der Waals surface area (Å²) in [6, 6.07) is 18.7. The number of aromatic nitrogens is 4. The number of carbonyl (C=O) groups is 1. The number of hydrogen-bond donors (Lipinski definition) is 1. The zero-order valence-electron chi connectivity index (χ0n) is 20.8. The van der Waals surface area contributed by atoms with Gasteiger partial charge in [0.25, 0.3) is 11.5 Å². The highest BCUT2D eigenvalue weighted by molar-refractivity contribution is 6.01. The second kappa shape index (κ2) is 9.39. The van der Waals surface area contributed by atoms with Gasteiger partial charge in [0.15, 0.2) is 5.65 Å². The number of pyridine rings is 1. The molecular formula is C28H28N6O2. The number of nitrogens with zero attached hydrogens (tertiary/aromatic N) is 5. The highest BCUT2D eigenvalue weighted by Crippen LogP contribution is 2.24. The molecule has 0 saturated heterocycles. The number of benzene rings is 2. The minimum Gasteiger partial charge on any atom is -0.344 e. The minimum atomic E-state index is -0.467. The van der Waals surface area contributed by atoms with Crippen LogP contribution in [0.25, 0.3) is 22.1 Å². The first-order chi connectivity index (χ1) is 17.3. The third-order valence-corrected chi connectivity index (χ3v) is 6.25. The van der Waals surface area contributed by atoms with Crippen LogP contribution in [-0.4, -0.2) is 44.1 Å². The molecule has 0 spiro atoms. The van der Waals surface area contributed by atoms with Crippen LogP contribution in [0.3, 0.4) is 0 Å². The average molecular weight is 481 g/mol. The molecule has 5 rings (SSSR count). The molecule has 0 bridgehead atoms. The average Bonchev–Trinajstić information content (AvgIpc) is 3.19. The molecule has 0 aliphatic rings. The molecule has 0 aliphatic heterocycles.